The molecule has 2 heterocycles. The van der Waals surface area contributed by atoms with Crippen molar-refractivity contribution in [3.63, 3.8) is 0 Å². The number of carboxylic acids is 1. The van der Waals surface area contributed by atoms with Crippen LogP contribution in [0.3, 0.4) is 0 Å². The number of sulfone groups is 2. The van der Waals surface area contributed by atoms with E-state index in [-0.39, 0.29) is 66.6 Å². The lowest BCUT2D eigenvalue weighted by Crippen LogP contribution is -2.10. The molecular weight excluding hydrogens is 1390 g/mol. The molecule has 2 aliphatic heterocycles. The lowest BCUT2D eigenvalue weighted by molar-refractivity contribution is -0.140. The molecule has 0 aliphatic carbocycles. The number of phenols is 1. The predicted octanol–water partition coefficient (Wildman–Crippen LogP) is 16.0. The smallest absolute Gasteiger partial charge is 0.309 e. The number of methoxy groups -OCH3 is 3. The third-order valence-electron chi connectivity index (χ3n) is 12.9. The van der Waals surface area contributed by atoms with Gasteiger partial charge in [-0.15, -0.1) is 36.7 Å². The highest BCUT2D eigenvalue weighted by Crippen LogP contribution is 2.35. The molecule has 2 aliphatic rings. The summed E-state index contributed by atoms with van der Waals surface area (Å²) in [5, 5.41) is 18.2. The number of thioether (sulfide) groups is 4. The Hall–Kier alpha value is -7.90. The molecule has 8 aromatic rings. The maximum Gasteiger partial charge on any atom is 0.309 e. The lowest BCUT2D eigenvalue weighted by atomic mass is 10.1. The molecule has 0 amide bonds. The van der Waals surface area contributed by atoms with Gasteiger partial charge in [0.15, 0.2) is 19.7 Å². The second kappa shape index (κ2) is 40.5. The fraction of sp³-hybridized carbons (Fsp3) is 0.222. The van der Waals surface area contributed by atoms with E-state index in [1.54, 1.807) is 156 Å². The van der Waals surface area contributed by atoms with Crippen LogP contribution in [0.15, 0.2) is 243 Å². The monoisotopic (exact) mass is 1470 g/mol. The highest BCUT2D eigenvalue weighted by atomic mass is 79.9. The van der Waals surface area contributed by atoms with Gasteiger partial charge < -0.3 is 38.6 Å². The van der Waals surface area contributed by atoms with Crippen molar-refractivity contribution >= 4 is 107 Å². The van der Waals surface area contributed by atoms with E-state index in [1.807, 2.05) is 97.1 Å². The third-order valence-corrected chi connectivity index (χ3v) is 21.4. The van der Waals surface area contributed by atoms with E-state index in [9.17, 15) is 36.0 Å². The van der Waals surface area contributed by atoms with Crippen molar-refractivity contribution in [3.8, 4) is 40.2 Å². The number of carbonyl (C=O) groups excluding carboxylic acids is 3. The minimum Gasteiger partial charge on any atom is -0.508 e. The van der Waals surface area contributed by atoms with Gasteiger partial charge in [-0.1, -0.05) is 84.0 Å². The van der Waals surface area contributed by atoms with Crippen molar-refractivity contribution in [2.75, 3.05) is 55.8 Å². The van der Waals surface area contributed by atoms with Crippen molar-refractivity contribution in [3.05, 3.63) is 246 Å². The summed E-state index contributed by atoms with van der Waals surface area (Å²) in [6.07, 6.45) is 4.52. The van der Waals surface area contributed by atoms with Crippen LogP contribution < -0.4 is 14.2 Å². The zero-order valence-electron chi connectivity index (χ0n) is 51.7. The van der Waals surface area contributed by atoms with E-state index in [4.69, 9.17) is 24.4 Å². The predicted molar refractivity (Wildman–Crippen MR) is 385 cm³/mol. The van der Waals surface area contributed by atoms with Crippen molar-refractivity contribution in [1.29, 1.82) is 0 Å². The van der Waals surface area contributed by atoms with Crippen molar-refractivity contribution in [2.45, 2.75) is 63.2 Å². The first-order valence-electron chi connectivity index (χ1n) is 28.9. The first-order chi connectivity index (χ1) is 45.1. The van der Waals surface area contributed by atoms with Crippen LogP contribution in [0.4, 0.5) is 0 Å². The molecule has 0 aromatic heterocycles. The Labute approximate surface area is 582 Å². The summed E-state index contributed by atoms with van der Waals surface area (Å²) < 4.78 is 80.7. The molecule has 0 spiro atoms. The quantitative estimate of drug-likeness (QED) is 0.0169. The van der Waals surface area contributed by atoms with E-state index in [1.165, 1.54) is 26.2 Å². The van der Waals surface area contributed by atoms with Crippen LogP contribution in [0.25, 0.3) is 0 Å². The van der Waals surface area contributed by atoms with Gasteiger partial charge in [-0.2, -0.15) is 23.5 Å². The molecule has 0 bridgehead atoms. The minimum absolute atomic E-state index is 0. The van der Waals surface area contributed by atoms with Crippen LogP contribution >= 0.6 is 63.0 Å². The number of benzene rings is 8. The number of rotatable bonds is 26. The van der Waals surface area contributed by atoms with Gasteiger partial charge in [0.1, 0.15) is 40.2 Å². The lowest BCUT2D eigenvalue weighted by Gasteiger charge is -2.08. The van der Waals surface area contributed by atoms with E-state index in [0.717, 1.165) is 60.6 Å². The van der Waals surface area contributed by atoms with Crippen LogP contribution in [-0.4, -0.2) is 117 Å². The van der Waals surface area contributed by atoms with Gasteiger partial charge in [0.2, 0.25) is 0 Å². The summed E-state index contributed by atoms with van der Waals surface area (Å²) in [5.41, 5.74) is 3.38. The summed E-state index contributed by atoms with van der Waals surface area (Å²) in [6.45, 7) is 7.33. The second-order valence-corrected chi connectivity index (χ2v) is 30.1. The molecule has 16 nitrogen and oxygen atoms in total. The van der Waals surface area contributed by atoms with Gasteiger partial charge in [0.25, 0.3) is 0 Å². The minimum atomic E-state index is -3.24. The van der Waals surface area contributed by atoms with Crippen LogP contribution in [0.1, 0.15) is 29.7 Å². The molecular formula is C72H75BrO16S6. The number of ether oxygens (including phenoxy) is 6. The summed E-state index contributed by atoms with van der Waals surface area (Å²) in [4.78, 5) is 46.9. The highest BCUT2D eigenvalue weighted by Gasteiger charge is 2.31. The molecule has 0 radical (unpaired) electrons. The first kappa shape index (κ1) is 77.8. The number of aliphatic carboxylic acids is 1. The van der Waals surface area contributed by atoms with Crippen LogP contribution in [-0.2, 0) is 78.7 Å². The van der Waals surface area contributed by atoms with Gasteiger partial charge in [-0.25, -0.2) is 16.8 Å². The molecule has 2 unspecified atom stereocenters. The molecule has 2 N–H and O–H groups in total. The fourth-order valence-corrected chi connectivity index (χ4v) is 14.7. The molecule has 2 atom stereocenters. The Morgan fingerprint density at radius 2 is 0.726 bits per heavy atom. The van der Waals surface area contributed by atoms with Crippen molar-refractivity contribution in [2.24, 2.45) is 0 Å². The van der Waals surface area contributed by atoms with E-state index < -0.39 is 25.6 Å². The summed E-state index contributed by atoms with van der Waals surface area (Å²) >= 11 is 10.1. The standard InChI is InChI=1S/C18H18O5S2.C18H18O3S.C17H16O5S2.C9H9BrO2.C9H10OS.CH4/c1-22-18(19)10-13-2-4-14(5-3-13)23-15-6-8-17(9-7-15)25(20,21)12-16-11-24-16;1-3-12-22-17-10-8-16(9-11-17)21-15-6-4-14(5-7-15)13-18(19)20-2;18-17(19)9-12-1-3-13(4-2-12)22-14-5-7-16(8-6-14)24(20,21)11-15-10-23-15;1-12-9(11)6-7-2-4-8(10)5-3-7;1-2-7-11-9-5-3-8(10)4-6-9;/h2-9,16H,10-12H2,1H3;3-11H,1,12-13H2,2H3;1-8,15H,9-11H2,(H,18,19);2-5H,6H2,1H3;2-6,10H,1,7H2;1H4. The maximum absolute atomic E-state index is 12.2. The van der Waals surface area contributed by atoms with Crippen molar-refractivity contribution < 1.29 is 74.6 Å². The zero-order chi connectivity index (χ0) is 67.9. The topological polar surface area (TPSA) is 232 Å². The van der Waals surface area contributed by atoms with Crippen LogP contribution in [0.2, 0.25) is 0 Å². The molecule has 2 saturated heterocycles. The Kier molecular flexibility index (Phi) is 33.2. The normalized spacial score (nSPS) is 13.1. The molecule has 2 fully saturated rings. The number of hydrogen-bond donors (Lipinski definition) is 2. The number of esters is 3. The molecule has 0 saturated carbocycles. The number of hydrogen-bond acceptors (Lipinski definition) is 19. The average molecular weight is 1470 g/mol. The SMILES string of the molecule is C.C=CCSc1ccc(O)cc1.C=CCSc1ccc(Oc2ccc(CC(=O)OC)cc2)cc1.COC(=O)Cc1ccc(Br)cc1.COC(=O)Cc1ccc(Oc2ccc(S(=O)(=O)CC3CS3)cc2)cc1.O=C(O)Cc1ccc(Oc2ccc(S(=O)(=O)CC3CS3)cc2)cc1. The van der Waals surface area contributed by atoms with E-state index in [0.29, 0.717) is 50.5 Å². The number of halogens is 1. The molecule has 95 heavy (non-hydrogen) atoms. The van der Waals surface area contributed by atoms with Crippen LogP contribution in [0, 0.1) is 0 Å². The number of aromatic hydroxyl groups is 1. The summed E-state index contributed by atoms with van der Waals surface area (Å²) in [6, 6.07) is 56.7. The Bertz CT molecular complexity index is 3930. The zero-order valence-corrected chi connectivity index (χ0v) is 58.2. The summed E-state index contributed by atoms with van der Waals surface area (Å²) in [7, 11) is -2.33. The number of carbonyl (C=O) groups is 4. The van der Waals surface area contributed by atoms with Gasteiger partial charge in [0, 0.05) is 47.8 Å². The number of phenolic OH excluding ortho intramolecular Hbond substituents is 1. The van der Waals surface area contributed by atoms with E-state index in [2.05, 4.69) is 43.3 Å². The molecule has 8 aromatic carbocycles. The maximum atomic E-state index is 12.2. The van der Waals surface area contributed by atoms with Crippen molar-refractivity contribution in [1.82, 2.24) is 0 Å². The first-order valence-corrected chi connectivity index (χ1v) is 37.0. The molecule has 10 rings (SSSR count). The Morgan fingerprint density at radius 1 is 0.463 bits per heavy atom. The largest absolute Gasteiger partial charge is 0.508 e. The Morgan fingerprint density at radius 3 is 1.00 bits per heavy atom. The summed E-state index contributed by atoms with van der Waals surface area (Å²) in [5.74, 6) is 6.46. The van der Waals surface area contributed by atoms with Gasteiger partial charge >= 0.3 is 23.9 Å². The van der Waals surface area contributed by atoms with Gasteiger partial charge in [-0.3, -0.25) is 19.2 Å². The molecule has 23 heteroatoms. The van der Waals surface area contributed by atoms with E-state index >= 15 is 0 Å². The third kappa shape index (κ3) is 30.2. The Balaban J connectivity index is 0.000000222. The highest BCUT2D eigenvalue weighted by molar-refractivity contribution is 9.10. The molecule has 502 valence electrons. The van der Waals surface area contributed by atoms with Gasteiger partial charge in [-0.05, 0) is 168 Å². The average Bonchev–Trinajstić information content (AvgIpc) is 1.84. The fourth-order valence-electron chi connectivity index (χ4n) is 7.82. The van der Waals surface area contributed by atoms with Crippen LogP contribution in [0.5, 0.6) is 40.2 Å². The second-order valence-electron chi connectivity index (χ2n) is 20.3. The number of carboxylic acid groups (broad SMARTS) is 1. The van der Waals surface area contributed by atoms with Gasteiger partial charge in [0.05, 0.1) is 68.3 Å².